The van der Waals surface area contributed by atoms with Gasteiger partial charge in [-0.15, -0.1) is 0 Å². The van der Waals surface area contributed by atoms with E-state index in [1.165, 1.54) is 65.7 Å². The molecule has 0 aliphatic heterocycles. The minimum atomic E-state index is -0.137. The van der Waals surface area contributed by atoms with Crippen molar-refractivity contribution in [1.82, 2.24) is 15.0 Å². The number of hydrogen-bond donors (Lipinski definition) is 0. The Balaban J connectivity index is 1.08. The first-order valence-electron chi connectivity index (χ1n) is 19.6. The van der Waals surface area contributed by atoms with E-state index in [-0.39, 0.29) is 5.41 Å². The van der Waals surface area contributed by atoms with Gasteiger partial charge in [0.05, 0.1) is 0 Å². The average Bonchev–Trinajstić information content (AvgIpc) is 3.51. The molecule has 3 nitrogen and oxygen atoms in total. The number of fused-ring (bicyclic) bond motifs is 7. The summed E-state index contributed by atoms with van der Waals surface area (Å²) in [6.45, 7) is 4.62. The Labute approximate surface area is 332 Å². The molecule has 3 heteroatoms. The van der Waals surface area contributed by atoms with Crippen LogP contribution in [-0.2, 0) is 5.41 Å². The van der Waals surface area contributed by atoms with Crippen LogP contribution in [0.3, 0.4) is 0 Å². The Morgan fingerprint density at radius 3 is 1.61 bits per heavy atom. The lowest BCUT2D eigenvalue weighted by atomic mass is 9.82. The van der Waals surface area contributed by atoms with Crippen LogP contribution in [0.5, 0.6) is 0 Å². The van der Waals surface area contributed by atoms with E-state index in [0.717, 1.165) is 27.8 Å². The summed E-state index contributed by atoms with van der Waals surface area (Å²) >= 11 is 0. The normalized spacial score (nSPS) is 12.9. The topological polar surface area (TPSA) is 38.7 Å². The maximum atomic E-state index is 5.28. The molecule has 0 unspecified atom stereocenters. The standard InChI is InChI=1S/C54H37N3/c1-54(2)47-21-11-10-19-44(47)50-45(20-12-22-48(50)54)53-56-51(38-27-23-35(24-28-38)34-13-4-3-5-14-34)55-52(57-53)39-29-25-37(26-30-39)49-42-18-9-7-16-40(42)33-46-41-17-8-6-15-36(41)31-32-43(46)49/h3-33H,1-2H3. The Bertz CT molecular complexity index is 3180. The molecule has 57 heavy (non-hydrogen) atoms. The van der Waals surface area contributed by atoms with E-state index >= 15 is 0 Å². The Hall–Kier alpha value is -7.23. The van der Waals surface area contributed by atoms with E-state index in [1.54, 1.807) is 0 Å². The minimum Gasteiger partial charge on any atom is -0.208 e. The summed E-state index contributed by atoms with van der Waals surface area (Å²) in [4.78, 5) is 15.7. The third-order valence-electron chi connectivity index (χ3n) is 11.9. The highest BCUT2D eigenvalue weighted by molar-refractivity contribution is 6.20. The molecule has 1 aliphatic carbocycles. The van der Waals surface area contributed by atoms with Gasteiger partial charge in [-0.3, -0.25) is 0 Å². The first-order valence-corrected chi connectivity index (χ1v) is 19.6. The maximum Gasteiger partial charge on any atom is 0.164 e. The maximum absolute atomic E-state index is 5.28. The summed E-state index contributed by atoms with van der Waals surface area (Å²) in [5.74, 6) is 1.96. The van der Waals surface area contributed by atoms with Gasteiger partial charge in [-0.1, -0.05) is 196 Å². The SMILES string of the molecule is CC1(C)c2ccccc2-c2c(-c3nc(-c4ccc(-c5ccccc5)cc4)nc(-c4ccc(-c5c6ccccc6cc6c5ccc5ccccc56)cc4)n3)cccc21. The number of nitrogens with zero attached hydrogens (tertiary/aromatic N) is 3. The molecule has 0 fully saturated rings. The van der Waals surface area contributed by atoms with E-state index in [2.05, 4.69) is 196 Å². The van der Waals surface area contributed by atoms with Gasteiger partial charge in [-0.05, 0) is 82.9 Å². The molecule has 0 atom stereocenters. The van der Waals surface area contributed by atoms with Gasteiger partial charge in [0.2, 0.25) is 0 Å². The van der Waals surface area contributed by atoms with E-state index in [9.17, 15) is 0 Å². The predicted molar refractivity (Wildman–Crippen MR) is 237 cm³/mol. The predicted octanol–water partition coefficient (Wildman–Crippen LogP) is 14.0. The zero-order valence-electron chi connectivity index (χ0n) is 31.7. The summed E-state index contributed by atoms with van der Waals surface area (Å²) in [5, 5.41) is 7.47. The van der Waals surface area contributed by atoms with Gasteiger partial charge in [0, 0.05) is 22.1 Å². The number of benzene rings is 9. The molecule has 1 aliphatic rings. The van der Waals surface area contributed by atoms with Crippen molar-refractivity contribution in [2.45, 2.75) is 19.3 Å². The zero-order chi connectivity index (χ0) is 38.1. The van der Waals surface area contributed by atoms with E-state index in [1.807, 2.05) is 6.07 Å². The highest BCUT2D eigenvalue weighted by atomic mass is 15.0. The first-order chi connectivity index (χ1) is 28.0. The van der Waals surface area contributed by atoms with Crippen LogP contribution in [0, 0.1) is 0 Å². The van der Waals surface area contributed by atoms with Gasteiger partial charge in [0.1, 0.15) is 0 Å². The molecular formula is C54H37N3. The van der Waals surface area contributed by atoms with Crippen LogP contribution in [0.25, 0.3) is 99.9 Å². The molecule has 0 spiro atoms. The summed E-state index contributed by atoms with van der Waals surface area (Å²) in [6.07, 6.45) is 0. The van der Waals surface area contributed by atoms with Crippen LogP contribution < -0.4 is 0 Å². The minimum absolute atomic E-state index is 0.137. The Morgan fingerprint density at radius 2 is 0.860 bits per heavy atom. The van der Waals surface area contributed by atoms with Crippen LogP contribution in [0.15, 0.2) is 188 Å². The lowest BCUT2D eigenvalue weighted by molar-refractivity contribution is 0.660. The summed E-state index contributed by atoms with van der Waals surface area (Å²) in [7, 11) is 0. The first kappa shape index (κ1) is 33.1. The van der Waals surface area contributed by atoms with Crippen LogP contribution in [0.2, 0.25) is 0 Å². The van der Waals surface area contributed by atoms with Gasteiger partial charge < -0.3 is 0 Å². The third kappa shape index (κ3) is 5.38. The molecular weight excluding hydrogens is 691 g/mol. The van der Waals surface area contributed by atoms with Gasteiger partial charge >= 0.3 is 0 Å². The van der Waals surface area contributed by atoms with Crippen molar-refractivity contribution in [2.75, 3.05) is 0 Å². The second-order valence-corrected chi connectivity index (χ2v) is 15.6. The molecule has 0 radical (unpaired) electrons. The van der Waals surface area contributed by atoms with Crippen molar-refractivity contribution < 1.29 is 0 Å². The highest BCUT2D eigenvalue weighted by Gasteiger charge is 2.37. The Kier molecular flexibility index (Phi) is 7.52. The van der Waals surface area contributed by atoms with Gasteiger partial charge in [0.25, 0.3) is 0 Å². The summed E-state index contributed by atoms with van der Waals surface area (Å²) in [6, 6.07) is 67.3. The van der Waals surface area contributed by atoms with E-state index in [4.69, 9.17) is 15.0 Å². The largest absolute Gasteiger partial charge is 0.208 e. The molecule has 0 amide bonds. The lowest BCUT2D eigenvalue weighted by Gasteiger charge is -2.21. The smallest absolute Gasteiger partial charge is 0.164 e. The average molecular weight is 728 g/mol. The third-order valence-corrected chi connectivity index (χ3v) is 11.9. The van der Waals surface area contributed by atoms with E-state index in [0.29, 0.717) is 17.5 Å². The molecule has 1 aromatic heterocycles. The molecule has 10 aromatic rings. The lowest BCUT2D eigenvalue weighted by Crippen LogP contribution is -2.14. The van der Waals surface area contributed by atoms with Gasteiger partial charge in [-0.25, -0.2) is 15.0 Å². The Morgan fingerprint density at radius 1 is 0.316 bits per heavy atom. The molecule has 9 aromatic carbocycles. The van der Waals surface area contributed by atoms with Crippen molar-refractivity contribution in [1.29, 1.82) is 0 Å². The molecule has 11 rings (SSSR count). The van der Waals surface area contributed by atoms with Crippen molar-refractivity contribution in [3.63, 3.8) is 0 Å². The molecule has 0 N–H and O–H groups in total. The van der Waals surface area contributed by atoms with Crippen LogP contribution in [0.1, 0.15) is 25.0 Å². The van der Waals surface area contributed by atoms with Crippen LogP contribution in [-0.4, -0.2) is 15.0 Å². The van der Waals surface area contributed by atoms with Gasteiger partial charge in [0.15, 0.2) is 17.5 Å². The van der Waals surface area contributed by atoms with Crippen molar-refractivity contribution in [3.8, 4) is 67.5 Å². The van der Waals surface area contributed by atoms with Crippen LogP contribution >= 0.6 is 0 Å². The fourth-order valence-corrected chi connectivity index (χ4v) is 9.06. The number of aromatic nitrogens is 3. The monoisotopic (exact) mass is 727 g/mol. The molecule has 1 heterocycles. The van der Waals surface area contributed by atoms with Crippen molar-refractivity contribution >= 4 is 32.3 Å². The molecule has 0 bridgehead atoms. The fourth-order valence-electron chi connectivity index (χ4n) is 9.06. The van der Waals surface area contributed by atoms with Crippen molar-refractivity contribution in [3.05, 3.63) is 199 Å². The molecule has 0 saturated heterocycles. The van der Waals surface area contributed by atoms with Gasteiger partial charge in [-0.2, -0.15) is 0 Å². The summed E-state index contributed by atoms with van der Waals surface area (Å²) < 4.78 is 0. The summed E-state index contributed by atoms with van der Waals surface area (Å²) in [5.41, 5.74) is 12.5. The quantitative estimate of drug-likeness (QED) is 0.131. The second kappa shape index (κ2) is 12.9. The molecule has 268 valence electrons. The second-order valence-electron chi connectivity index (χ2n) is 15.6. The molecule has 0 saturated carbocycles. The highest BCUT2D eigenvalue weighted by Crippen LogP contribution is 2.51. The van der Waals surface area contributed by atoms with Crippen molar-refractivity contribution in [2.24, 2.45) is 0 Å². The number of rotatable bonds is 5. The zero-order valence-corrected chi connectivity index (χ0v) is 31.7. The fraction of sp³-hybridized carbons (Fsp3) is 0.0556. The van der Waals surface area contributed by atoms with Crippen LogP contribution in [0.4, 0.5) is 0 Å². The number of hydrogen-bond acceptors (Lipinski definition) is 3. The van der Waals surface area contributed by atoms with E-state index < -0.39 is 0 Å².